The lowest BCUT2D eigenvalue weighted by atomic mass is 10.1. The van der Waals surface area contributed by atoms with E-state index >= 15 is 0 Å². The molecule has 5 heteroatoms. The van der Waals surface area contributed by atoms with Crippen LogP contribution in [0.1, 0.15) is 44.0 Å². The minimum Gasteiger partial charge on any atom is -0.471 e. The van der Waals surface area contributed by atoms with Crippen molar-refractivity contribution in [3.8, 4) is 11.9 Å². The molecule has 1 heterocycles. The first kappa shape index (κ1) is 19.0. The zero-order valence-corrected chi connectivity index (χ0v) is 14.8. The molecule has 5 nitrogen and oxygen atoms in total. The predicted octanol–water partition coefficient (Wildman–Crippen LogP) is 3.38. The fourth-order valence-electron chi connectivity index (χ4n) is 1.87. The van der Waals surface area contributed by atoms with Gasteiger partial charge >= 0.3 is 0 Å². The topological polar surface area (TPSA) is 58.4 Å². The van der Waals surface area contributed by atoms with Crippen molar-refractivity contribution in [2.24, 2.45) is 0 Å². The van der Waals surface area contributed by atoms with Gasteiger partial charge in [0, 0.05) is 25.9 Å². The first-order chi connectivity index (χ1) is 11.0. The zero-order valence-electron chi connectivity index (χ0n) is 14.8. The van der Waals surface area contributed by atoms with Gasteiger partial charge in [0.1, 0.15) is 17.7 Å². The normalized spacial score (nSPS) is 12.2. The highest BCUT2D eigenvalue weighted by molar-refractivity contribution is 5.56. The third-order valence-electron chi connectivity index (χ3n) is 3.36. The summed E-state index contributed by atoms with van der Waals surface area (Å²) in [5.74, 6) is 0.374. The van der Waals surface area contributed by atoms with Gasteiger partial charge in [-0.3, -0.25) is 0 Å². The summed E-state index contributed by atoms with van der Waals surface area (Å²) in [5, 5.41) is 9.35. The number of hydrogen-bond acceptors (Lipinski definition) is 5. The minimum atomic E-state index is -0.145. The van der Waals surface area contributed by atoms with Crippen molar-refractivity contribution < 1.29 is 9.47 Å². The van der Waals surface area contributed by atoms with Gasteiger partial charge in [0.05, 0.1) is 6.61 Å². The predicted molar refractivity (Wildman–Crippen MR) is 92.2 cm³/mol. The number of nitrogens with zero attached hydrogens (tertiary/aromatic N) is 3. The molecule has 0 aliphatic carbocycles. The van der Waals surface area contributed by atoms with Crippen molar-refractivity contribution in [3.63, 3.8) is 0 Å². The molecule has 0 saturated heterocycles. The highest BCUT2D eigenvalue weighted by Gasteiger charge is 2.13. The Kier molecular flexibility index (Phi) is 8.14. The third-order valence-corrected chi connectivity index (χ3v) is 3.36. The second-order valence-electron chi connectivity index (χ2n) is 5.52. The molecule has 0 aliphatic rings. The van der Waals surface area contributed by atoms with E-state index < -0.39 is 0 Å². The molecule has 1 aromatic heterocycles. The Hall–Kier alpha value is -2.06. The summed E-state index contributed by atoms with van der Waals surface area (Å²) in [5.41, 5.74) is 2.20. The fraction of sp³-hybridized carbons (Fsp3) is 0.556. The standard InChI is InChI=1S/C18H27N3O2/c1-6-10-22-13-14(3)23-18-17(12-19)11-16(15(4)20-18)8-9-21(5)7-2/h8-9,11,14H,6-7,10,13H2,1-5H3/b9-8+. The number of nitriles is 1. The summed E-state index contributed by atoms with van der Waals surface area (Å²) in [6, 6.07) is 3.98. The minimum absolute atomic E-state index is 0.145. The summed E-state index contributed by atoms with van der Waals surface area (Å²) < 4.78 is 11.2. The summed E-state index contributed by atoms with van der Waals surface area (Å²) in [7, 11) is 2.00. The summed E-state index contributed by atoms with van der Waals surface area (Å²) in [6.07, 6.45) is 4.77. The van der Waals surface area contributed by atoms with Crippen LogP contribution >= 0.6 is 0 Å². The van der Waals surface area contributed by atoms with E-state index in [1.54, 1.807) is 0 Å². The van der Waals surface area contributed by atoms with Gasteiger partial charge in [0.25, 0.3) is 0 Å². The van der Waals surface area contributed by atoms with E-state index in [0.29, 0.717) is 24.7 Å². The maximum atomic E-state index is 9.35. The monoisotopic (exact) mass is 317 g/mol. The van der Waals surface area contributed by atoms with Gasteiger partial charge in [-0.25, -0.2) is 4.98 Å². The van der Waals surface area contributed by atoms with E-state index in [1.165, 1.54) is 0 Å². The molecule has 0 fully saturated rings. The van der Waals surface area contributed by atoms with Crippen LogP contribution in [0.25, 0.3) is 6.08 Å². The molecule has 1 atom stereocenters. The van der Waals surface area contributed by atoms with E-state index in [-0.39, 0.29) is 6.10 Å². The van der Waals surface area contributed by atoms with Gasteiger partial charge < -0.3 is 14.4 Å². The molecule has 0 N–H and O–H groups in total. The van der Waals surface area contributed by atoms with Crippen LogP contribution in [-0.4, -0.2) is 42.8 Å². The van der Waals surface area contributed by atoms with Crippen molar-refractivity contribution in [1.29, 1.82) is 5.26 Å². The lowest BCUT2D eigenvalue weighted by Crippen LogP contribution is -2.20. The van der Waals surface area contributed by atoms with Crippen LogP contribution in [-0.2, 0) is 4.74 Å². The lowest BCUT2D eigenvalue weighted by Gasteiger charge is -2.16. The molecule has 0 aliphatic heterocycles. The van der Waals surface area contributed by atoms with Gasteiger partial charge in [-0.05, 0) is 51.1 Å². The van der Waals surface area contributed by atoms with E-state index in [2.05, 4.69) is 29.8 Å². The molecule has 1 unspecified atom stereocenters. The van der Waals surface area contributed by atoms with Crippen LogP contribution in [0.15, 0.2) is 12.3 Å². The molecule has 0 spiro atoms. The average molecular weight is 317 g/mol. The van der Waals surface area contributed by atoms with Crippen molar-refractivity contribution in [2.45, 2.75) is 40.2 Å². The van der Waals surface area contributed by atoms with E-state index in [4.69, 9.17) is 9.47 Å². The molecule has 0 radical (unpaired) electrons. The number of rotatable bonds is 9. The van der Waals surface area contributed by atoms with Gasteiger partial charge in [-0.15, -0.1) is 0 Å². The van der Waals surface area contributed by atoms with Crippen molar-refractivity contribution in [2.75, 3.05) is 26.8 Å². The van der Waals surface area contributed by atoms with Crippen LogP contribution in [0.3, 0.4) is 0 Å². The summed E-state index contributed by atoms with van der Waals surface area (Å²) in [4.78, 5) is 6.50. The highest BCUT2D eigenvalue weighted by atomic mass is 16.5. The van der Waals surface area contributed by atoms with Gasteiger partial charge in [-0.1, -0.05) is 6.92 Å². The average Bonchev–Trinajstić information content (AvgIpc) is 2.54. The first-order valence-corrected chi connectivity index (χ1v) is 8.06. The van der Waals surface area contributed by atoms with Crippen molar-refractivity contribution >= 4 is 6.08 Å². The SMILES string of the molecule is CCCOCC(C)Oc1nc(C)c(/C=C/N(C)CC)cc1C#N. The smallest absolute Gasteiger partial charge is 0.232 e. The molecule has 0 saturated carbocycles. The quantitative estimate of drug-likeness (QED) is 0.654. The molecule has 0 bridgehead atoms. The third kappa shape index (κ3) is 6.29. The molecule has 0 amide bonds. The molecule has 23 heavy (non-hydrogen) atoms. The van der Waals surface area contributed by atoms with Crippen molar-refractivity contribution in [1.82, 2.24) is 9.88 Å². The second-order valence-corrected chi connectivity index (χ2v) is 5.52. The van der Waals surface area contributed by atoms with E-state index in [9.17, 15) is 5.26 Å². The Balaban J connectivity index is 2.88. The molecular formula is C18H27N3O2. The van der Waals surface area contributed by atoms with Gasteiger partial charge in [-0.2, -0.15) is 5.26 Å². The lowest BCUT2D eigenvalue weighted by molar-refractivity contribution is 0.0566. The maximum absolute atomic E-state index is 9.35. The molecule has 0 aromatic carbocycles. The van der Waals surface area contributed by atoms with E-state index in [1.807, 2.05) is 39.2 Å². The Labute approximate surface area is 139 Å². The number of aryl methyl sites for hydroxylation is 1. The number of ether oxygens (including phenoxy) is 2. The van der Waals surface area contributed by atoms with Crippen molar-refractivity contribution in [3.05, 3.63) is 29.1 Å². The van der Waals surface area contributed by atoms with Crippen LogP contribution in [0, 0.1) is 18.3 Å². The Morgan fingerprint density at radius 3 is 2.78 bits per heavy atom. The first-order valence-electron chi connectivity index (χ1n) is 8.06. The van der Waals surface area contributed by atoms with Crippen LogP contribution in [0.4, 0.5) is 0 Å². The Morgan fingerprint density at radius 1 is 1.43 bits per heavy atom. The molecule has 1 rings (SSSR count). The zero-order chi connectivity index (χ0) is 17.2. The summed E-state index contributed by atoms with van der Waals surface area (Å²) >= 11 is 0. The molecular weight excluding hydrogens is 290 g/mol. The van der Waals surface area contributed by atoms with Crippen LogP contribution in [0.2, 0.25) is 0 Å². The largest absolute Gasteiger partial charge is 0.471 e. The number of aromatic nitrogens is 1. The van der Waals surface area contributed by atoms with Crippen LogP contribution in [0.5, 0.6) is 5.88 Å². The second kappa shape index (κ2) is 9.86. The van der Waals surface area contributed by atoms with Gasteiger partial charge in [0.15, 0.2) is 0 Å². The number of hydrogen-bond donors (Lipinski definition) is 0. The fourth-order valence-corrected chi connectivity index (χ4v) is 1.87. The molecule has 1 aromatic rings. The maximum Gasteiger partial charge on any atom is 0.232 e. The Morgan fingerprint density at radius 2 is 2.17 bits per heavy atom. The summed E-state index contributed by atoms with van der Waals surface area (Å²) in [6.45, 7) is 10.1. The van der Waals surface area contributed by atoms with Crippen LogP contribution < -0.4 is 4.74 Å². The van der Waals surface area contributed by atoms with E-state index in [0.717, 1.165) is 24.2 Å². The van der Waals surface area contributed by atoms with Gasteiger partial charge in [0.2, 0.25) is 5.88 Å². The highest BCUT2D eigenvalue weighted by Crippen LogP contribution is 2.21. The molecule has 126 valence electrons. The number of pyridine rings is 1. The Bertz CT molecular complexity index is 564.